The highest BCUT2D eigenvalue weighted by atomic mass is 16.1. The zero-order valence-corrected chi connectivity index (χ0v) is 8.28. The summed E-state index contributed by atoms with van der Waals surface area (Å²) in [5.74, 6) is 0.962. The molecule has 1 aromatic heterocycles. The van der Waals surface area contributed by atoms with Crippen LogP contribution in [0.15, 0.2) is 18.3 Å². The average molecular weight is 189 g/mol. The molecule has 0 aromatic carbocycles. The van der Waals surface area contributed by atoms with Crippen molar-refractivity contribution in [1.82, 2.24) is 4.57 Å². The quantitative estimate of drug-likeness (QED) is 0.667. The standard InChI is InChI=1S/C12H15NO/c14-8-11-2-1-7-13(11)9-12(5-6-12)10-3-4-10/h1-2,7-8,10H,3-6,9H2. The zero-order valence-electron chi connectivity index (χ0n) is 8.28. The van der Waals surface area contributed by atoms with Crippen LogP contribution in [0.25, 0.3) is 0 Å². The normalized spacial score (nSPS) is 23.4. The SMILES string of the molecule is O=Cc1cccn1CC1(C2CC2)CC1. The molecule has 1 heterocycles. The summed E-state index contributed by atoms with van der Waals surface area (Å²) >= 11 is 0. The maximum Gasteiger partial charge on any atom is 0.166 e. The highest BCUT2D eigenvalue weighted by molar-refractivity contribution is 5.72. The lowest BCUT2D eigenvalue weighted by Gasteiger charge is -2.15. The van der Waals surface area contributed by atoms with Crippen molar-refractivity contribution in [3.8, 4) is 0 Å². The fourth-order valence-corrected chi connectivity index (χ4v) is 2.57. The third kappa shape index (κ3) is 1.21. The van der Waals surface area contributed by atoms with Crippen LogP contribution in [-0.4, -0.2) is 10.9 Å². The third-order valence-corrected chi connectivity index (χ3v) is 3.81. The van der Waals surface area contributed by atoms with E-state index in [1.54, 1.807) is 0 Å². The predicted molar refractivity (Wildman–Crippen MR) is 54.2 cm³/mol. The summed E-state index contributed by atoms with van der Waals surface area (Å²) in [4.78, 5) is 10.8. The van der Waals surface area contributed by atoms with E-state index in [1.807, 2.05) is 18.3 Å². The third-order valence-electron chi connectivity index (χ3n) is 3.81. The van der Waals surface area contributed by atoms with E-state index >= 15 is 0 Å². The molecule has 0 bridgehead atoms. The minimum Gasteiger partial charge on any atom is -0.345 e. The van der Waals surface area contributed by atoms with E-state index < -0.39 is 0 Å². The van der Waals surface area contributed by atoms with Gasteiger partial charge >= 0.3 is 0 Å². The Labute approximate surface area is 83.9 Å². The van der Waals surface area contributed by atoms with Crippen LogP contribution in [0.5, 0.6) is 0 Å². The predicted octanol–water partition coefficient (Wildman–Crippen LogP) is 2.49. The van der Waals surface area contributed by atoms with Gasteiger partial charge in [0, 0.05) is 12.7 Å². The lowest BCUT2D eigenvalue weighted by atomic mass is 10.0. The second-order valence-electron chi connectivity index (χ2n) is 4.82. The van der Waals surface area contributed by atoms with Crippen LogP contribution >= 0.6 is 0 Å². The van der Waals surface area contributed by atoms with Crippen molar-refractivity contribution in [2.75, 3.05) is 0 Å². The zero-order chi connectivity index (χ0) is 9.60. The summed E-state index contributed by atoms with van der Waals surface area (Å²) in [7, 11) is 0. The molecule has 2 fully saturated rings. The Balaban J connectivity index is 1.80. The van der Waals surface area contributed by atoms with Gasteiger partial charge in [0.2, 0.25) is 0 Å². The maximum absolute atomic E-state index is 10.8. The van der Waals surface area contributed by atoms with Gasteiger partial charge in [0.15, 0.2) is 6.29 Å². The van der Waals surface area contributed by atoms with Gasteiger partial charge in [0.1, 0.15) is 0 Å². The van der Waals surface area contributed by atoms with Gasteiger partial charge in [-0.1, -0.05) is 0 Å². The second kappa shape index (κ2) is 2.72. The molecule has 0 saturated heterocycles. The van der Waals surface area contributed by atoms with Gasteiger partial charge < -0.3 is 4.57 Å². The van der Waals surface area contributed by atoms with Crippen molar-refractivity contribution >= 4 is 6.29 Å². The number of carbonyl (C=O) groups is 1. The Kier molecular flexibility index (Phi) is 1.61. The summed E-state index contributed by atoms with van der Waals surface area (Å²) in [6.45, 7) is 1.07. The Morgan fingerprint density at radius 3 is 2.86 bits per heavy atom. The summed E-state index contributed by atoms with van der Waals surface area (Å²) in [5.41, 5.74) is 1.41. The minimum atomic E-state index is 0.580. The van der Waals surface area contributed by atoms with E-state index in [4.69, 9.17) is 0 Å². The van der Waals surface area contributed by atoms with E-state index in [0.29, 0.717) is 5.41 Å². The van der Waals surface area contributed by atoms with Gasteiger partial charge in [-0.3, -0.25) is 4.79 Å². The molecule has 2 aliphatic rings. The Morgan fingerprint density at radius 1 is 1.50 bits per heavy atom. The number of hydrogen-bond donors (Lipinski definition) is 0. The summed E-state index contributed by atoms with van der Waals surface area (Å²) in [5, 5.41) is 0. The van der Waals surface area contributed by atoms with Gasteiger partial charge in [0.05, 0.1) is 5.69 Å². The molecule has 0 spiro atoms. The molecule has 74 valence electrons. The lowest BCUT2D eigenvalue weighted by molar-refractivity contribution is 0.111. The van der Waals surface area contributed by atoms with Gasteiger partial charge in [-0.05, 0) is 49.1 Å². The molecule has 0 unspecified atom stereocenters. The number of hydrogen-bond acceptors (Lipinski definition) is 1. The fourth-order valence-electron chi connectivity index (χ4n) is 2.57. The summed E-state index contributed by atoms with van der Waals surface area (Å²) in [6.07, 6.45) is 8.56. The number of carbonyl (C=O) groups excluding carboxylic acids is 1. The van der Waals surface area contributed by atoms with Crippen LogP contribution in [0.3, 0.4) is 0 Å². The van der Waals surface area contributed by atoms with Crippen LogP contribution in [0, 0.1) is 11.3 Å². The molecule has 0 aliphatic heterocycles. The molecule has 0 N–H and O–H groups in total. The molecule has 2 nitrogen and oxygen atoms in total. The van der Waals surface area contributed by atoms with Crippen molar-refractivity contribution in [3.05, 3.63) is 24.0 Å². The first kappa shape index (κ1) is 8.27. The van der Waals surface area contributed by atoms with E-state index in [1.165, 1.54) is 25.7 Å². The van der Waals surface area contributed by atoms with Gasteiger partial charge in [-0.25, -0.2) is 0 Å². The molecule has 2 saturated carbocycles. The molecule has 0 radical (unpaired) electrons. The molecule has 2 heteroatoms. The van der Waals surface area contributed by atoms with Crippen LogP contribution in [0.4, 0.5) is 0 Å². The number of nitrogens with zero attached hydrogens (tertiary/aromatic N) is 1. The van der Waals surface area contributed by atoms with Crippen molar-refractivity contribution < 1.29 is 4.79 Å². The summed E-state index contributed by atoms with van der Waals surface area (Å²) < 4.78 is 2.12. The molecule has 1 aromatic rings. The van der Waals surface area contributed by atoms with Crippen molar-refractivity contribution in [2.24, 2.45) is 11.3 Å². The van der Waals surface area contributed by atoms with E-state index in [0.717, 1.165) is 24.4 Å². The monoisotopic (exact) mass is 189 g/mol. The first-order valence-electron chi connectivity index (χ1n) is 5.44. The molecule has 0 amide bonds. The van der Waals surface area contributed by atoms with E-state index in [9.17, 15) is 4.79 Å². The minimum absolute atomic E-state index is 0.580. The van der Waals surface area contributed by atoms with E-state index in [-0.39, 0.29) is 0 Å². The molecule has 14 heavy (non-hydrogen) atoms. The average Bonchev–Trinajstić information content (AvgIpc) is 3.04. The largest absolute Gasteiger partial charge is 0.345 e. The molecular weight excluding hydrogens is 174 g/mol. The highest BCUT2D eigenvalue weighted by Gasteiger charge is 2.53. The van der Waals surface area contributed by atoms with Crippen LogP contribution in [-0.2, 0) is 6.54 Å². The fraction of sp³-hybridized carbons (Fsp3) is 0.583. The number of aldehydes is 1. The van der Waals surface area contributed by atoms with Crippen LogP contribution in [0.2, 0.25) is 0 Å². The van der Waals surface area contributed by atoms with Crippen molar-refractivity contribution in [1.29, 1.82) is 0 Å². The Bertz CT molecular complexity index is 358. The molecular formula is C12H15NO. The van der Waals surface area contributed by atoms with Crippen molar-refractivity contribution in [3.63, 3.8) is 0 Å². The Morgan fingerprint density at radius 2 is 2.29 bits per heavy atom. The number of aromatic nitrogens is 1. The maximum atomic E-state index is 10.8. The summed E-state index contributed by atoms with van der Waals surface area (Å²) in [6, 6.07) is 3.86. The Hall–Kier alpha value is -1.05. The smallest absolute Gasteiger partial charge is 0.166 e. The van der Waals surface area contributed by atoms with Gasteiger partial charge in [-0.15, -0.1) is 0 Å². The van der Waals surface area contributed by atoms with Gasteiger partial charge in [0.25, 0.3) is 0 Å². The van der Waals surface area contributed by atoms with Gasteiger partial charge in [-0.2, -0.15) is 0 Å². The first-order chi connectivity index (χ1) is 6.84. The highest BCUT2D eigenvalue weighted by Crippen LogP contribution is 2.62. The van der Waals surface area contributed by atoms with Crippen LogP contribution < -0.4 is 0 Å². The first-order valence-corrected chi connectivity index (χ1v) is 5.44. The topological polar surface area (TPSA) is 22.0 Å². The molecule has 2 aliphatic carbocycles. The van der Waals surface area contributed by atoms with Crippen molar-refractivity contribution in [2.45, 2.75) is 32.2 Å². The number of rotatable bonds is 4. The molecule has 0 atom stereocenters. The molecule has 3 rings (SSSR count). The van der Waals surface area contributed by atoms with E-state index in [2.05, 4.69) is 4.57 Å². The van der Waals surface area contributed by atoms with Crippen LogP contribution in [0.1, 0.15) is 36.2 Å². The second-order valence-corrected chi connectivity index (χ2v) is 4.82. The lowest BCUT2D eigenvalue weighted by Crippen LogP contribution is -2.14.